The Bertz CT molecular complexity index is 747. The molecule has 1 aromatic heterocycles. The lowest BCUT2D eigenvalue weighted by Crippen LogP contribution is -2.50. The summed E-state index contributed by atoms with van der Waals surface area (Å²) in [4.78, 5) is 21.9. The monoisotopic (exact) mass is 403 g/mol. The van der Waals surface area contributed by atoms with Gasteiger partial charge in [0.05, 0.1) is 12.2 Å². The van der Waals surface area contributed by atoms with E-state index in [1.807, 2.05) is 5.38 Å². The second kappa shape index (κ2) is 10.1. The van der Waals surface area contributed by atoms with Gasteiger partial charge in [-0.2, -0.15) is 0 Å². The van der Waals surface area contributed by atoms with Crippen LogP contribution in [0.15, 0.2) is 29.6 Å². The molecule has 28 heavy (non-hydrogen) atoms. The molecule has 0 N–H and O–H groups in total. The summed E-state index contributed by atoms with van der Waals surface area (Å²) in [5.74, 6) is 0.307. The molecule has 1 fully saturated rings. The fourth-order valence-corrected chi connectivity index (χ4v) is 4.65. The van der Waals surface area contributed by atoms with Crippen molar-refractivity contribution in [3.63, 3.8) is 0 Å². The summed E-state index contributed by atoms with van der Waals surface area (Å²) in [5, 5.41) is 3.09. The van der Waals surface area contributed by atoms with Crippen LogP contribution in [0.3, 0.4) is 0 Å². The summed E-state index contributed by atoms with van der Waals surface area (Å²) in [5.41, 5.74) is 1.84. The second-order valence-corrected chi connectivity index (χ2v) is 8.45. The molecule has 0 saturated carbocycles. The van der Waals surface area contributed by atoms with Gasteiger partial charge in [0.1, 0.15) is 10.8 Å². The van der Waals surface area contributed by atoms with Gasteiger partial charge in [0.15, 0.2) is 0 Å². The maximum absolute atomic E-state index is 13.1. The van der Waals surface area contributed by atoms with Crippen LogP contribution in [0.4, 0.5) is 4.39 Å². The number of nitrogens with zero attached hydrogens (tertiary/aromatic N) is 3. The first-order chi connectivity index (χ1) is 13.6. The highest BCUT2D eigenvalue weighted by Crippen LogP contribution is 2.24. The van der Waals surface area contributed by atoms with E-state index >= 15 is 0 Å². The first-order valence-corrected chi connectivity index (χ1v) is 11.2. The topological polar surface area (TPSA) is 36.4 Å². The molecule has 0 spiro atoms. The molecule has 0 radical (unpaired) electrons. The molecule has 2 aromatic rings. The second-order valence-electron chi connectivity index (χ2n) is 7.51. The lowest BCUT2D eigenvalue weighted by atomic mass is 9.96. The van der Waals surface area contributed by atoms with E-state index < -0.39 is 0 Å². The molecule has 0 aliphatic carbocycles. The summed E-state index contributed by atoms with van der Waals surface area (Å²) in [7, 11) is 0. The molecule has 1 aliphatic heterocycles. The molecule has 1 saturated heterocycles. The molecular weight excluding hydrogens is 373 g/mol. The minimum absolute atomic E-state index is 0.193. The van der Waals surface area contributed by atoms with Crippen molar-refractivity contribution in [2.75, 3.05) is 26.2 Å². The fraction of sp³-hybridized carbons (Fsp3) is 0.545. The predicted octanol–water partition coefficient (Wildman–Crippen LogP) is 4.81. The van der Waals surface area contributed by atoms with Crippen LogP contribution in [0.25, 0.3) is 11.3 Å². The van der Waals surface area contributed by atoms with Crippen molar-refractivity contribution in [3.8, 4) is 11.3 Å². The third-order valence-corrected chi connectivity index (χ3v) is 6.19. The maximum atomic E-state index is 13.1. The van der Waals surface area contributed by atoms with Crippen molar-refractivity contribution in [3.05, 3.63) is 40.5 Å². The zero-order chi connectivity index (χ0) is 19.9. The van der Waals surface area contributed by atoms with Gasteiger partial charge in [0.2, 0.25) is 5.91 Å². The van der Waals surface area contributed by atoms with Crippen LogP contribution in [0.1, 0.15) is 44.5 Å². The minimum Gasteiger partial charge on any atom is -0.340 e. The van der Waals surface area contributed by atoms with Crippen molar-refractivity contribution in [2.45, 2.75) is 46.1 Å². The summed E-state index contributed by atoms with van der Waals surface area (Å²) in [6.07, 6.45) is 4.13. The zero-order valence-electron chi connectivity index (χ0n) is 16.9. The molecule has 0 bridgehead atoms. The maximum Gasteiger partial charge on any atom is 0.225 e. The largest absolute Gasteiger partial charge is 0.340 e. The molecule has 1 amide bonds. The molecule has 0 atom stereocenters. The number of carbonyl (C=O) groups excluding carboxylic acids is 1. The van der Waals surface area contributed by atoms with E-state index in [4.69, 9.17) is 4.98 Å². The van der Waals surface area contributed by atoms with Gasteiger partial charge in [-0.3, -0.25) is 9.69 Å². The summed E-state index contributed by atoms with van der Waals surface area (Å²) in [6, 6.07) is 6.47. The highest BCUT2D eigenvalue weighted by Gasteiger charge is 2.26. The average Bonchev–Trinajstić information content (AvgIpc) is 3.17. The number of hydrogen-bond donors (Lipinski definition) is 0. The Morgan fingerprint density at radius 3 is 2.36 bits per heavy atom. The van der Waals surface area contributed by atoms with Gasteiger partial charge < -0.3 is 4.90 Å². The lowest BCUT2D eigenvalue weighted by molar-refractivity contribution is -0.137. The Hall–Kier alpha value is -1.79. The van der Waals surface area contributed by atoms with Crippen LogP contribution in [-0.2, 0) is 11.3 Å². The van der Waals surface area contributed by atoms with Gasteiger partial charge in [0, 0.05) is 43.0 Å². The smallest absolute Gasteiger partial charge is 0.225 e. The molecule has 1 aliphatic rings. The lowest BCUT2D eigenvalue weighted by Gasteiger charge is -2.36. The van der Waals surface area contributed by atoms with Gasteiger partial charge in [-0.15, -0.1) is 11.3 Å². The van der Waals surface area contributed by atoms with Gasteiger partial charge in [-0.25, -0.2) is 9.37 Å². The van der Waals surface area contributed by atoms with E-state index in [0.717, 1.165) is 74.7 Å². The van der Waals surface area contributed by atoms with Crippen LogP contribution in [0.5, 0.6) is 0 Å². The quantitative estimate of drug-likeness (QED) is 0.635. The van der Waals surface area contributed by atoms with Crippen LogP contribution in [0.2, 0.25) is 0 Å². The van der Waals surface area contributed by atoms with Crippen LogP contribution in [-0.4, -0.2) is 46.9 Å². The first kappa shape index (κ1) is 20.9. The van der Waals surface area contributed by atoms with E-state index in [-0.39, 0.29) is 11.7 Å². The van der Waals surface area contributed by atoms with E-state index in [0.29, 0.717) is 5.91 Å². The molecule has 3 rings (SSSR count). The van der Waals surface area contributed by atoms with Crippen LogP contribution in [0, 0.1) is 11.7 Å². The highest BCUT2D eigenvalue weighted by molar-refractivity contribution is 7.09. The van der Waals surface area contributed by atoms with E-state index in [1.165, 1.54) is 12.1 Å². The average molecular weight is 404 g/mol. The molecule has 0 unspecified atom stereocenters. The molecule has 1 aromatic carbocycles. The third kappa shape index (κ3) is 5.39. The number of carbonyl (C=O) groups is 1. The van der Waals surface area contributed by atoms with E-state index in [2.05, 4.69) is 23.6 Å². The van der Waals surface area contributed by atoms with Crippen molar-refractivity contribution in [2.24, 2.45) is 5.92 Å². The molecule has 2 heterocycles. The number of hydrogen-bond acceptors (Lipinski definition) is 4. The van der Waals surface area contributed by atoms with Crippen LogP contribution >= 0.6 is 11.3 Å². The van der Waals surface area contributed by atoms with Crippen molar-refractivity contribution < 1.29 is 9.18 Å². The molecular formula is C22H30FN3OS. The Labute approximate surface area is 171 Å². The number of thiazole rings is 1. The number of halogens is 1. The van der Waals surface area contributed by atoms with Gasteiger partial charge in [-0.1, -0.05) is 26.7 Å². The minimum atomic E-state index is -0.230. The van der Waals surface area contributed by atoms with Crippen molar-refractivity contribution in [1.82, 2.24) is 14.8 Å². The third-order valence-electron chi connectivity index (χ3n) is 5.36. The summed E-state index contributed by atoms with van der Waals surface area (Å²) < 4.78 is 13.1. The number of aromatic nitrogens is 1. The predicted molar refractivity (Wildman–Crippen MR) is 113 cm³/mol. The Morgan fingerprint density at radius 1 is 1.11 bits per heavy atom. The summed E-state index contributed by atoms with van der Waals surface area (Å²) in [6.45, 7) is 8.51. The van der Waals surface area contributed by atoms with E-state index in [9.17, 15) is 9.18 Å². The molecule has 152 valence electrons. The number of benzene rings is 1. The molecule has 4 nitrogen and oxygen atoms in total. The number of rotatable bonds is 8. The Morgan fingerprint density at radius 2 is 1.75 bits per heavy atom. The zero-order valence-corrected chi connectivity index (χ0v) is 17.7. The van der Waals surface area contributed by atoms with Crippen LogP contribution < -0.4 is 0 Å². The number of piperazine rings is 1. The summed E-state index contributed by atoms with van der Waals surface area (Å²) >= 11 is 1.64. The van der Waals surface area contributed by atoms with Crippen molar-refractivity contribution >= 4 is 17.2 Å². The van der Waals surface area contributed by atoms with Crippen molar-refractivity contribution in [1.29, 1.82) is 0 Å². The first-order valence-electron chi connectivity index (χ1n) is 10.3. The van der Waals surface area contributed by atoms with Gasteiger partial charge >= 0.3 is 0 Å². The van der Waals surface area contributed by atoms with E-state index in [1.54, 1.807) is 23.5 Å². The van der Waals surface area contributed by atoms with Gasteiger partial charge in [0.25, 0.3) is 0 Å². The standard InChI is InChI=1S/C22H30FN3OS/c1-3-5-18(6-4-2)22(27)26-13-11-25(12-14-26)15-21-24-20(16-28-21)17-7-9-19(23)10-8-17/h7-10,16,18H,3-6,11-15H2,1-2H3. The normalized spacial score (nSPS) is 15.4. The van der Waals surface area contributed by atoms with Gasteiger partial charge in [-0.05, 0) is 37.1 Å². The number of amides is 1. The highest BCUT2D eigenvalue weighted by atomic mass is 32.1. The Kier molecular flexibility index (Phi) is 7.57. The SMILES string of the molecule is CCCC(CCC)C(=O)N1CCN(Cc2nc(-c3ccc(F)cc3)cs2)CC1. The fourth-order valence-electron chi connectivity index (χ4n) is 3.80. The Balaban J connectivity index is 1.52. The molecule has 6 heteroatoms.